The van der Waals surface area contributed by atoms with E-state index in [2.05, 4.69) is 0 Å². The number of nitrogens with zero attached hydrogens (tertiary/aromatic N) is 1. The Labute approximate surface area is 111 Å². The van der Waals surface area contributed by atoms with Crippen LogP contribution in [0.25, 0.3) is 0 Å². The van der Waals surface area contributed by atoms with Crippen LogP contribution in [0.2, 0.25) is 0 Å². The number of phenols is 1. The summed E-state index contributed by atoms with van der Waals surface area (Å²) in [6.07, 6.45) is 0. The molecular formula is C6H7KN2O3. The topological polar surface area (TPSA) is 89.4 Å². The molecule has 0 amide bonds. The van der Waals surface area contributed by atoms with E-state index in [0.717, 1.165) is 6.07 Å². The van der Waals surface area contributed by atoms with Crippen molar-refractivity contribution in [3.63, 3.8) is 0 Å². The van der Waals surface area contributed by atoms with Gasteiger partial charge >= 0.3 is 51.4 Å². The quantitative estimate of drug-likeness (QED) is 0.220. The number of phenolic OH excluding ortho intramolecular Hbond substituents is 1. The molecule has 5 nitrogen and oxygen atoms in total. The summed E-state index contributed by atoms with van der Waals surface area (Å²) >= 11 is 0. The molecule has 0 saturated heterocycles. The van der Waals surface area contributed by atoms with E-state index in [-0.39, 0.29) is 68.5 Å². The summed E-state index contributed by atoms with van der Waals surface area (Å²) < 4.78 is 0. The maximum absolute atomic E-state index is 10.1. The molecule has 1 aromatic rings. The van der Waals surface area contributed by atoms with Gasteiger partial charge in [-0.05, 0) is 6.07 Å². The average molecular weight is 194 g/mol. The van der Waals surface area contributed by atoms with Gasteiger partial charge in [0.2, 0.25) is 0 Å². The fraction of sp³-hybridized carbons (Fsp3) is 0. The van der Waals surface area contributed by atoms with E-state index in [9.17, 15) is 10.1 Å². The molecule has 1 aromatic carbocycles. The van der Waals surface area contributed by atoms with E-state index in [1.807, 2.05) is 0 Å². The van der Waals surface area contributed by atoms with Gasteiger partial charge in [0.15, 0.2) is 0 Å². The van der Waals surface area contributed by atoms with Crippen molar-refractivity contribution < 1.29 is 10.0 Å². The second-order valence-electron chi connectivity index (χ2n) is 2.00. The Bertz CT molecular complexity index is 303. The number of nitrogens with two attached hydrogens (primary N) is 1. The van der Waals surface area contributed by atoms with E-state index in [4.69, 9.17) is 10.8 Å². The van der Waals surface area contributed by atoms with Crippen molar-refractivity contribution >= 4 is 62.8 Å². The molecule has 0 fully saturated rings. The molecule has 60 valence electrons. The fourth-order valence-corrected chi connectivity index (χ4v) is 0.655. The molecule has 0 atom stereocenters. The van der Waals surface area contributed by atoms with Gasteiger partial charge in [0.25, 0.3) is 5.69 Å². The van der Waals surface area contributed by atoms with Gasteiger partial charge in [-0.25, -0.2) is 0 Å². The molecule has 0 unspecified atom stereocenters. The average Bonchev–Trinajstić information content (AvgIpc) is 1.94. The third-order valence-corrected chi connectivity index (χ3v) is 1.22. The zero-order valence-corrected chi connectivity index (χ0v) is 5.52. The van der Waals surface area contributed by atoms with E-state index in [0.29, 0.717) is 0 Å². The Morgan fingerprint density at radius 3 is 2.50 bits per heavy atom. The summed E-state index contributed by atoms with van der Waals surface area (Å²) in [7, 11) is 0. The number of aromatic hydroxyl groups is 1. The van der Waals surface area contributed by atoms with Crippen molar-refractivity contribution in [3.8, 4) is 5.75 Å². The first-order valence-electron chi connectivity index (χ1n) is 2.84. The molecule has 3 N–H and O–H groups in total. The van der Waals surface area contributed by atoms with Crippen LogP contribution in [0.15, 0.2) is 18.2 Å². The monoisotopic (exact) mass is 194 g/mol. The summed E-state index contributed by atoms with van der Waals surface area (Å²) in [5.74, 6) is -0.143. The summed E-state index contributed by atoms with van der Waals surface area (Å²) in [6, 6.07) is 3.48. The van der Waals surface area contributed by atoms with Crippen molar-refractivity contribution in [3.05, 3.63) is 28.3 Å². The zero-order chi connectivity index (χ0) is 8.43. The van der Waals surface area contributed by atoms with Gasteiger partial charge in [-0.2, -0.15) is 0 Å². The first-order chi connectivity index (χ1) is 5.11. The predicted molar refractivity (Wildman–Crippen MR) is 46.3 cm³/mol. The van der Waals surface area contributed by atoms with Crippen LogP contribution < -0.4 is 5.73 Å². The van der Waals surface area contributed by atoms with Gasteiger partial charge in [0, 0.05) is 12.1 Å². The molecule has 0 aliphatic rings. The number of benzene rings is 1. The molecule has 12 heavy (non-hydrogen) atoms. The third-order valence-electron chi connectivity index (χ3n) is 1.22. The number of nitrogen functional groups attached to an aromatic ring is 1. The molecule has 0 aromatic heterocycles. The number of rotatable bonds is 1. The summed E-state index contributed by atoms with van der Waals surface area (Å²) in [5.41, 5.74) is 5.09. The SMILES string of the molecule is Nc1cc([N+](=O)[O-])ccc1O.[KH]. The third kappa shape index (κ3) is 2.72. The Kier molecular flexibility index (Phi) is 4.72. The number of nitro groups is 1. The number of anilines is 1. The van der Waals surface area contributed by atoms with Crippen LogP contribution in [0.3, 0.4) is 0 Å². The molecule has 1 rings (SSSR count). The molecule has 0 aliphatic heterocycles. The maximum atomic E-state index is 10.1. The first-order valence-corrected chi connectivity index (χ1v) is 2.84. The Morgan fingerprint density at radius 1 is 1.50 bits per heavy atom. The number of nitro benzene ring substituents is 1. The summed E-state index contributed by atoms with van der Waals surface area (Å²) in [4.78, 5) is 9.56. The Balaban J connectivity index is 0.00000121. The Morgan fingerprint density at radius 2 is 2.08 bits per heavy atom. The van der Waals surface area contributed by atoms with Crippen molar-refractivity contribution in [1.82, 2.24) is 0 Å². The van der Waals surface area contributed by atoms with Crippen molar-refractivity contribution in [2.45, 2.75) is 0 Å². The number of hydrogen-bond acceptors (Lipinski definition) is 4. The molecule has 0 saturated carbocycles. The van der Waals surface area contributed by atoms with E-state index < -0.39 is 4.92 Å². The second-order valence-corrected chi connectivity index (χ2v) is 2.00. The minimum atomic E-state index is -0.574. The number of non-ortho nitro benzene ring substituents is 1. The summed E-state index contributed by atoms with van der Waals surface area (Å²) in [6.45, 7) is 0. The normalized spacial score (nSPS) is 8.67. The van der Waals surface area contributed by atoms with Crippen LogP contribution >= 0.6 is 0 Å². The van der Waals surface area contributed by atoms with Crippen LogP contribution in [-0.2, 0) is 0 Å². The zero-order valence-electron chi connectivity index (χ0n) is 5.52. The molecular weight excluding hydrogens is 187 g/mol. The second kappa shape index (κ2) is 4.78. The van der Waals surface area contributed by atoms with Crippen molar-refractivity contribution in [2.24, 2.45) is 0 Å². The van der Waals surface area contributed by atoms with Crippen LogP contribution in [0.1, 0.15) is 0 Å². The van der Waals surface area contributed by atoms with Crippen molar-refractivity contribution in [1.29, 1.82) is 0 Å². The van der Waals surface area contributed by atoms with E-state index in [1.165, 1.54) is 12.1 Å². The molecule has 0 aliphatic carbocycles. The van der Waals surface area contributed by atoms with Crippen LogP contribution in [-0.4, -0.2) is 61.4 Å². The molecule has 0 spiro atoms. The van der Waals surface area contributed by atoms with Crippen LogP contribution in [0, 0.1) is 10.1 Å². The van der Waals surface area contributed by atoms with Crippen LogP contribution in [0.5, 0.6) is 5.75 Å². The van der Waals surface area contributed by atoms with Gasteiger partial charge in [-0.3, -0.25) is 10.1 Å². The van der Waals surface area contributed by atoms with E-state index >= 15 is 0 Å². The fourth-order valence-electron chi connectivity index (χ4n) is 0.655. The molecule has 0 radical (unpaired) electrons. The first kappa shape index (κ1) is 11.9. The van der Waals surface area contributed by atoms with Gasteiger partial charge in [0.05, 0.1) is 10.6 Å². The summed E-state index contributed by atoms with van der Waals surface area (Å²) in [5, 5.41) is 19.0. The van der Waals surface area contributed by atoms with Gasteiger partial charge in [0.1, 0.15) is 5.75 Å². The minimum absolute atomic E-state index is 0. The Hall–Kier alpha value is -0.144. The van der Waals surface area contributed by atoms with Gasteiger partial charge in [-0.1, -0.05) is 0 Å². The predicted octanol–water partition coefficient (Wildman–Crippen LogP) is 0.234. The van der Waals surface area contributed by atoms with Crippen molar-refractivity contribution in [2.75, 3.05) is 5.73 Å². The van der Waals surface area contributed by atoms with Gasteiger partial charge in [-0.15, -0.1) is 0 Å². The van der Waals surface area contributed by atoms with E-state index in [1.54, 1.807) is 0 Å². The number of hydrogen-bond donors (Lipinski definition) is 2. The molecule has 0 heterocycles. The standard InChI is InChI=1S/C6H6N2O3.K.H/c7-5-3-4(8(10)11)1-2-6(5)9;;/h1-3,9H,7H2;;. The molecule has 6 heteroatoms. The van der Waals surface area contributed by atoms with Crippen LogP contribution in [0.4, 0.5) is 11.4 Å². The van der Waals surface area contributed by atoms with Gasteiger partial charge < -0.3 is 10.8 Å². The molecule has 0 bridgehead atoms.